The summed E-state index contributed by atoms with van der Waals surface area (Å²) in [5, 5.41) is 0.168. The fraction of sp³-hybridized carbons (Fsp3) is 0.480. The third-order valence-electron chi connectivity index (χ3n) is 6.79. The highest BCUT2D eigenvalue weighted by atomic mass is 35.5. The fourth-order valence-corrected chi connectivity index (χ4v) is 6.23. The lowest BCUT2D eigenvalue weighted by atomic mass is 10.1. The van der Waals surface area contributed by atoms with Crippen molar-refractivity contribution >= 4 is 33.2 Å². The molecular formula is C25H32ClN3O4S. The second-order valence-corrected chi connectivity index (χ2v) is 11.2. The normalized spacial score (nSPS) is 17.3. The van der Waals surface area contributed by atoms with Crippen molar-refractivity contribution in [2.45, 2.75) is 50.5 Å². The minimum Gasteiger partial charge on any atom is -0.482 e. The van der Waals surface area contributed by atoms with Gasteiger partial charge in [0.25, 0.3) is 5.91 Å². The Bertz CT molecular complexity index is 1140. The number of aryl methyl sites for hydroxylation is 1. The molecule has 1 N–H and O–H groups in total. The van der Waals surface area contributed by atoms with Gasteiger partial charge in [-0.15, -0.1) is 0 Å². The highest BCUT2D eigenvalue weighted by molar-refractivity contribution is 7.89. The minimum atomic E-state index is -3.64. The number of amides is 1. The summed E-state index contributed by atoms with van der Waals surface area (Å²) in [7, 11) is -3.64. The minimum absolute atomic E-state index is 0.0207. The number of carbonyl (C=O) groups excluding carboxylic acids is 1. The fourth-order valence-electron chi connectivity index (χ4n) is 4.60. The van der Waals surface area contributed by atoms with Crippen LogP contribution < -0.4 is 14.4 Å². The molecule has 184 valence electrons. The Morgan fingerprint density at radius 2 is 1.79 bits per heavy atom. The van der Waals surface area contributed by atoms with Crippen molar-refractivity contribution in [3.8, 4) is 5.75 Å². The van der Waals surface area contributed by atoms with Crippen LogP contribution in [0.1, 0.15) is 36.8 Å². The average molecular weight is 506 g/mol. The van der Waals surface area contributed by atoms with Crippen molar-refractivity contribution in [3.05, 3.63) is 52.5 Å². The second-order valence-electron chi connectivity index (χ2n) is 9.07. The van der Waals surface area contributed by atoms with Gasteiger partial charge in [-0.05, 0) is 62.1 Å². The van der Waals surface area contributed by atoms with E-state index in [2.05, 4.69) is 41.7 Å². The molecule has 9 heteroatoms. The summed E-state index contributed by atoms with van der Waals surface area (Å²) < 4.78 is 33.6. The molecule has 2 aromatic carbocycles. The Morgan fingerprint density at radius 3 is 2.47 bits per heavy atom. The molecule has 1 saturated heterocycles. The number of piperazine rings is 1. The van der Waals surface area contributed by atoms with Crippen LogP contribution in [0, 0.1) is 13.8 Å². The van der Waals surface area contributed by atoms with Crippen LogP contribution in [0.5, 0.6) is 5.75 Å². The number of hydrogen-bond acceptors (Lipinski definition) is 5. The van der Waals surface area contributed by atoms with E-state index in [1.165, 1.54) is 35.0 Å². The molecule has 1 heterocycles. The SMILES string of the molecule is Cc1cccc(N2CCN(C(=O)COc3ccc(S(=O)(=O)NC4CCCC4)cc3Cl)CC2)c1C. The maximum Gasteiger partial charge on any atom is 0.260 e. The number of hydrogen-bond donors (Lipinski definition) is 1. The van der Waals surface area contributed by atoms with Crippen molar-refractivity contribution < 1.29 is 17.9 Å². The first kappa shape index (κ1) is 24.8. The van der Waals surface area contributed by atoms with Crippen LogP contribution in [0.25, 0.3) is 0 Å². The number of nitrogens with zero attached hydrogens (tertiary/aromatic N) is 2. The van der Waals surface area contributed by atoms with Crippen LogP contribution in [0.4, 0.5) is 5.69 Å². The first-order chi connectivity index (χ1) is 16.2. The van der Waals surface area contributed by atoms with Gasteiger partial charge in [-0.25, -0.2) is 13.1 Å². The predicted octanol–water partition coefficient (Wildman–Crippen LogP) is 3.91. The standard InChI is InChI=1S/C25H32ClN3O4S/c1-18-6-5-9-23(19(18)2)28-12-14-29(15-13-28)25(30)17-33-24-11-10-21(16-22(24)26)34(31,32)27-20-7-3-4-8-20/h5-6,9-11,16,20,27H,3-4,7-8,12-15,17H2,1-2H3. The van der Waals surface area contributed by atoms with Gasteiger partial charge in [0, 0.05) is 37.9 Å². The summed E-state index contributed by atoms with van der Waals surface area (Å²) in [4.78, 5) is 16.9. The third kappa shape index (κ3) is 5.67. The van der Waals surface area contributed by atoms with Crippen LogP contribution in [0.15, 0.2) is 41.3 Å². The summed E-state index contributed by atoms with van der Waals surface area (Å²) in [6, 6.07) is 10.6. The van der Waals surface area contributed by atoms with Crippen molar-refractivity contribution in [3.63, 3.8) is 0 Å². The first-order valence-corrected chi connectivity index (χ1v) is 13.6. The Morgan fingerprint density at radius 1 is 1.09 bits per heavy atom. The van der Waals surface area contributed by atoms with Gasteiger partial charge in [-0.3, -0.25) is 4.79 Å². The number of benzene rings is 2. The molecule has 4 rings (SSSR count). The van der Waals surface area contributed by atoms with Gasteiger partial charge in [0.2, 0.25) is 10.0 Å². The highest BCUT2D eigenvalue weighted by Crippen LogP contribution is 2.29. The van der Waals surface area contributed by atoms with E-state index in [4.69, 9.17) is 16.3 Å². The number of nitrogens with one attached hydrogen (secondary N) is 1. The molecule has 1 amide bonds. The van der Waals surface area contributed by atoms with E-state index in [9.17, 15) is 13.2 Å². The zero-order valence-electron chi connectivity index (χ0n) is 19.7. The van der Waals surface area contributed by atoms with Crippen LogP contribution in [0.3, 0.4) is 0 Å². The quantitative estimate of drug-likeness (QED) is 0.617. The molecule has 0 aromatic heterocycles. The van der Waals surface area contributed by atoms with Crippen molar-refractivity contribution in [1.82, 2.24) is 9.62 Å². The molecule has 0 radical (unpaired) electrons. The average Bonchev–Trinajstić information content (AvgIpc) is 3.32. The van der Waals surface area contributed by atoms with Crippen LogP contribution >= 0.6 is 11.6 Å². The van der Waals surface area contributed by atoms with E-state index in [1.54, 1.807) is 4.90 Å². The summed E-state index contributed by atoms with van der Waals surface area (Å²) >= 11 is 6.29. The summed E-state index contributed by atoms with van der Waals surface area (Å²) in [5.74, 6) is 0.181. The van der Waals surface area contributed by atoms with Crippen LogP contribution in [-0.2, 0) is 14.8 Å². The molecule has 1 aliphatic heterocycles. The third-order valence-corrected chi connectivity index (χ3v) is 8.60. The summed E-state index contributed by atoms with van der Waals surface area (Å²) in [6.07, 6.45) is 3.79. The molecule has 2 fully saturated rings. The Hall–Kier alpha value is -2.29. The molecule has 1 saturated carbocycles. The van der Waals surface area contributed by atoms with Crippen LogP contribution in [-0.4, -0.2) is 58.1 Å². The monoisotopic (exact) mass is 505 g/mol. The predicted molar refractivity (Wildman–Crippen MR) is 134 cm³/mol. The Balaban J connectivity index is 1.30. The van der Waals surface area contributed by atoms with E-state index in [1.807, 2.05) is 0 Å². The summed E-state index contributed by atoms with van der Waals surface area (Å²) in [6.45, 7) is 6.85. The second kappa shape index (κ2) is 10.5. The molecule has 2 aliphatic rings. The number of rotatable bonds is 7. The smallest absolute Gasteiger partial charge is 0.260 e. The topological polar surface area (TPSA) is 79.0 Å². The maximum absolute atomic E-state index is 12.7. The lowest BCUT2D eigenvalue weighted by Crippen LogP contribution is -2.50. The van der Waals surface area contributed by atoms with Gasteiger partial charge in [-0.1, -0.05) is 36.6 Å². The number of carbonyl (C=O) groups is 1. The number of anilines is 1. The zero-order valence-corrected chi connectivity index (χ0v) is 21.3. The molecule has 0 unspecified atom stereocenters. The van der Waals surface area contributed by atoms with E-state index >= 15 is 0 Å². The van der Waals surface area contributed by atoms with Gasteiger partial charge < -0.3 is 14.5 Å². The van der Waals surface area contributed by atoms with E-state index in [0.717, 1.165) is 38.8 Å². The van der Waals surface area contributed by atoms with Gasteiger partial charge in [0.1, 0.15) is 5.75 Å². The van der Waals surface area contributed by atoms with Crippen molar-refractivity contribution in [2.24, 2.45) is 0 Å². The number of sulfonamides is 1. The van der Waals surface area contributed by atoms with E-state index < -0.39 is 10.0 Å². The maximum atomic E-state index is 12.7. The molecule has 34 heavy (non-hydrogen) atoms. The van der Waals surface area contributed by atoms with E-state index in [0.29, 0.717) is 18.8 Å². The van der Waals surface area contributed by atoms with E-state index in [-0.39, 0.29) is 28.5 Å². The molecule has 0 bridgehead atoms. The van der Waals surface area contributed by atoms with Crippen LogP contribution in [0.2, 0.25) is 5.02 Å². The zero-order chi connectivity index (χ0) is 24.3. The molecule has 0 spiro atoms. The highest BCUT2D eigenvalue weighted by Gasteiger charge is 2.25. The van der Waals surface area contributed by atoms with Gasteiger partial charge in [0.05, 0.1) is 9.92 Å². The molecule has 1 aliphatic carbocycles. The lowest BCUT2D eigenvalue weighted by Gasteiger charge is -2.37. The van der Waals surface area contributed by atoms with Gasteiger partial charge >= 0.3 is 0 Å². The Labute approximate surface area is 207 Å². The molecule has 0 atom stereocenters. The van der Waals surface area contributed by atoms with Gasteiger partial charge in [-0.2, -0.15) is 0 Å². The Kier molecular flexibility index (Phi) is 7.70. The van der Waals surface area contributed by atoms with Gasteiger partial charge in [0.15, 0.2) is 6.61 Å². The number of ether oxygens (including phenoxy) is 1. The number of halogens is 1. The van der Waals surface area contributed by atoms with Crippen molar-refractivity contribution in [1.29, 1.82) is 0 Å². The van der Waals surface area contributed by atoms with Crippen molar-refractivity contribution in [2.75, 3.05) is 37.7 Å². The molecule has 2 aromatic rings. The molecular weight excluding hydrogens is 474 g/mol. The summed E-state index contributed by atoms with van der Waals surface area (Å²) in [5.41, 5.74) is 3.74. The first-order valence-electron chi connectivity index (χ1n) is 11.8. The lowest BCUT2D eigenvalue weighted by molar-refractivity contribution is -0.133. The molecule has 7 nitrogen and oxygen atoms in total. The largest absolute Gasteiger partial charge is 0.482 e.